The summed E-state index contributed by atoms with van der Waals surface area (Å²) in [6.45, 7) is 5.79. The summed E-state index contributed by atoms with van der Waals surface area (Å²) >= 11 is 3.23. The van der Waals surface area contributed by atoms with Gasteiger partial charge in [0.05, 0.1) is 5.52 Å². The van der Waals surface area contributed by atoms with Crippen LogP contribution < -0.4 is 4.72 Å². The Hall–Kier alpha value is -1.70. The predicted molar refractivity (Wildman–Crippen MR) is 112 cm³/mol. The first-order chi connectivity index (χ1) is 13.0. The predicted octanol–water partition coefficient (Wildman–Crippen LogP) is 5.31. The zero-order valence-corrected chi connectivity index (χ0v) is 17.5. The van der Waals surface area contributed by atoms with Gasteiger partial charge in [-0.25, -0.2) is 0 Å². The summed E-state index contributed by atoms with van der Waals surface area (Å²) in [5, 5.41) is 11.1. The van der Waals surface area contributed by atoms with Gasteiger partial charge in [0.1, 0.15) is 5.01 Å². The van der Waals surface area contributed by atoms with Crippen molar-refractivity contribution in [3.05, 3.63) is 35.0 Å². The number of hydrogen-bond donors (Lipinski definition) is 1. The second-order valence-corrected chi connectivity index (χ2v) is 9.38. The smallest absolute Gasteiger partial charge is 0.216 e. The number of benzene rings is 1. The SMILES string of the molecule is CCCCC1(NSc2ccc3c(C(C)=O)cn(-c4nnc(C)s4)c3c2)CC1. The first kappa shape index (κ1) is 18.7. The molecule has 142 valence electrons. The zero-order valence-electron chi connectivity index (χ0n) is 15.9. The third-order valence-corrected chi connectivity index (χ3v) is 6.99. The normalized spacial score (nSPS) is 15.4. The van der Waals surface area contributed by atoms with Crippen molar-refractivity contribution in [2.24, 2.45) is 0 Å². The first-order valence-corrected chi connectivity index (χ1v) is 11.1. The van der Waals surface area contributed by atoms with Gasteiger partial charge in [-0.3, -0.25) is 14.1 Å². The number of nitrogens with one attached hydrogen (secondary N) is 1. The Morgan fingerprint density at radius 1 is 1.37 bits per heavy atom. The average molecular weight is 401 g/mol. The summed E-state index contributed by atoms with van der Waals surface area (Å²) in [5.74, 6) is 0.0648. The van der Waals surface area contributed by atoms with Crippen LogP contribution in [0.1, 0.15) is 61.3 Å². The maximum atomic E-state index is 12.1. The van der Waals surface area contributed by atoms with Crippen LogP contribution in [-0.4, -0.2) is 26.1 Å². The highest BCUT2D eigenvalue weighted by Gasteiger charge is 2.41. The van der Waals surface area contributed by atoms with Crippen LogP contribution in [0, 0.1) is 6.92 Å². The molecule has 7 heteroatoms. The van der Waals surface area contributed by atoms with Gasteiger partial charge in [-0.05, 0) is 57.2 Å². The highest BCUT2D eigenvalue weighted by Crippen LogP contribution is 2.43. The van der Waals surface area contributed by atoms with Crippen LogP contribution in [0.2, 0.25) is 0 Å². The summed E-state index contributed by atoms with van der Waals surface area (Å²) < 4.78 is 5.68. The van der Waals surface area contributed by atoms with E-state index in [0.29, 0.717) is 5.54 Å². The monoisotopic (exact) mass is 400 g/mol. The third kappa shape index (κ3) is 3.81. The standard InChI is InChI=1S/C20H24N4OS2/c1-4-5-8-20(9-10-20)23-27-15-6-7-16-17(13(2)25)12-24(18(16)11-15)19-22-21-14(3)26-19/h6-7,11-12,23H,4-5,8-10H2,1-3H3. The largest absolute Gasteiger partial charge is 0.294 e. The van der Waals surface area contributed by atoms with Gasteiger partial charge >= 0.3 is 0 Å². The van der Waals surface area contributed by atoms with Gasteiger partial charge in [-0.1, -0.05) is 37.2 Å². The minimum absolute atomic E-state index is 0.0648. The van der Waals surface area contributed by atoms with Crippen molar-refractivity contribution < 1.29 is 4.79 Å². The Labute approximate surface area is 167 Å². The fraction of sp³-hybridized carbons (Fsp3) is 0.450. The highest BCUT2D eigenvalue weighted by molar-refractivity contribution is 7.97. The van der Waals surface area contributed by atoms with E-state index >= 15 is 0 Å². The molecule has 2 heterocycles. The van der Waals surface area contributed by atoms with E-state index in [-0.39, 0.29) is 5.78 Å². The van der Waals surface area contributed by atoms with Gasteiger partial charge in [0.15, 0.2) is 5.78 Å². The van der Waals surface area contributed by atoms with Crippen LogP contribution in [0.3, 0.4) is 0 Å². The molecule has 1 fully saturated rings. The van der Waals surface area contributed by atoms with Crippen molar-refractivity contribution in [2.45, 2.75) is 63.3 Å². The summed E-state index contributed by atoms with van der Waals surface area (Å²) in [6, 6.07) is 6.29. The molecule has 1 saturated carbocycles. The van der Waals surface area contributed by atoms with Crippen molar-refractivity contribution >= 4 is 40.0 Å². The van der Waals surface area contributed by atoms with Crippen LogP contribution in [0.25, 0.3) is 16.0 Å². The maximum Gasteiger partial charge on any atom is 0.216 e. The lowest BCUT2D eigenvalue weighted by Crippen LogP contribution is -2.24. The maximum absolute atomic E-state index is 12.1. The van der Waals surface area contributed by atoms with Crippen LogP contribution >= 0.6 is 23.3 Å². The number of carbonyl (C=O) groups is 1. The fourth-order valence-electron chi connectivity index (χ4n) is 3.33. The molecular formula is C20H24N4OS2. The van der Waals surface area contributed by atoms with Gasteiger partial charge in [-0.2, -0.15) is 0 Å². The van der Waals surface area contributed by atoms with Crippen molar-refractivity contribution in [2.75, 3.05) is 0 Å². The Bertz CT molecular complexity index is 987. The molecule has 0 saturated heterocycles. The lowest BCUT2D eigenvalue weighted by Gasteiger charge is -2.16. The summed E-state index contributed by atoms with van der Waals surface area (Å²) in [6.07, 6.45) is 8.16. The van der Waals surface area contributed by atoms with Crippen molar-refractivity contribution in [3.63, 3.8) is 0 Å². The number of hydrogen-bond acceptors (Lipinski definition) is 6. The van der Waals surface area contributed by atoms with Crippen LogP contribution in [-0.2, 0) is 0 Å². The van der Waals surface area contributed by atoms with Crippen LogP contribution in [0.15, 0.2) is 29.3 Å². The van der Waals surface area contributed by atoms with E-state index < -0.39 is 0 Å². The second kappa shape index (κ2) is 7.37. The lowest BCUT2D eigenvalue weighted by molar-refractivity contribution is 0.101. The average Bonchev–Trinajstić information content (AvgIpc) is 3.12. The van der Waals surface area contributed by atoms with E-state index in [9.17, 15) is 4.79 Å². The van der Waals surface area contributed by atoms with Gasteiger partial charge in [0.25, 0.3) is 0 Å². The molecule has 3 aromatic rings. The van der Waals surface area contributed by atoms with E-state index in [0.717, 1.165) is 31.5 Å². The Kier molecular flexibility index (Phi) is 5.09. The number of Topliss-reactive ketones (excluding diaryl/α,β-unsaturated/α-hetero) is 1. The molecule has 0 atom stereocenters. The second-order valence-electron chi connectivity index (χ2n) is 7.34. The quantitative estimate of drug-likeness (QED) is 0.410. The van der Waals surface area contributed by atoms with E-state index in [4.69, 9.17) is 0 Å². The number of aromatic nitrogens is 3. The van der Waals surface area contributed by atoms with Crippen LogP contribution in [0.5, 0.6) is 0 Å². The van der Waals surface area contributed by atoms with E-state index in [1.54, 1.807) is 18.9 Å². The van der Waals surface area contributed by atoms with E-state index in [1.807, 2.05) is 23.8 Å². The molecule has 1 N–H and O–H groups in total. The van der Waals surface area contributed by atoms with Crippen molar-refractivity contribution in [1.82, 2.24) is 19.5 Å². The molecule has 0 aliphatic heterocycles. The fourth-order valence-corrected chi connectivity index (χ4v) is 4.95. The number of aryl methyl sites for hydroxylation is 1. The van der Waals surface area contributed by atoms with Crippen molar-refractivity contribution in [1.29, 1.82) is 0 Å². The summed E-state index contributed by atoms with van der Waals surface area (Å²) in [5.41, 5.74) is 2.05. The zero-order chi connectivity index (χ0) is 19.0. The highest BCUT2D eigenvalue weighted by atomic mass is 32.2. The van der Waals surface area contributed by atoms with E-state index in [2.05, 4.69) is 34.0 Å². The number of unbranched alkanes of at least 4 members (excludes halogenated alkanes) is 1. The molecule has 1 aliphatic carbocycles. The first-order valence-electron chi connectivity index (χ1n) is 9.42. The Morgan fingerprint density at radius 3 is 2.81 bits per heavy atom. The molecule has 0 unspecified atom stereocenters. The number of rotatable bonds is 8. The molecule has 5 nitrogen and oxygen atoms in total. The summed E-state index contributed by atoms with van der Waals surface area (Å²) in [7, 11) is 0. The molecule has 27 heavy (non-hydrogen) atoms. The Morgan fingerprint density at radius 2 is 2.19 bits per heavy atom. The van der Waals surface area contributed by atoms with Gasteiger partial charge in [-0.15, -0.1) is 10.2 Å². The minimum atomic E-state index is 0.0648. The molecule has 0 spiro atoms. The van der Waals surface area contributed by atoms with E-state index in [1.165, 1.54) is 43.4 Å². The third-order valence-electron chi connectivity index (χ3n) is 5.13. The Balaban J connectivity index is 1.65. The lowest BCUT2D eigenvalue weighted by atomic mass is 10.1. The number of carbonyl (C=O) groups excluding carboxylic acids is 1. The topological polar surface area (TPSA) is 59.8 Å². The molecule has 1 aliphatic rings. The molecule has 0 radical (unpaired) electrons. The summed E-state index contributed by atoms with van der Waals surface area (Å²) in [4.78, 5) is 13.3. The molecule has 1 aromatic carbocycles. The molecular weight excluding hydrogens is 376 g/mol. The van der Waals surface area contributed by atoms with Gasteiger partial charge in [0, 0.05) is 27.6 Å². The molecule has 2 aromatic heterocycles. The van der Waals surface area contributed by atoms with Gasteiger partial charge < -0.3 is 0 Å². The number of nitrogens with zero attached hydrogens (tertiary/aromatic N) is 3. The number of ketones is 1. The van der Waals surface area contributed by atoms with Gasteiger partial charge in [0.2, 0.25) is 5.13 Å². The van der Waals surface area contributed by atoms with Crippen molar-refractivity contribution in [3.8, 4) is 5.13 Å². The minimum Gasteiger partial charge on any atom is -0.294 e. The van der Waals surface area contributed by atoms with Crippen LogP contribution in [0.4, 0.5) is 0 Å². The number of fused-ring (bicyclic) bond motifs is 1. The molecule has 0 bridgehead atoms. The molecule has 4 rings (SSSR count). The molecule has 0 amide bonds.